The molecule has 112 valence electrons. The first kappa shape index (κ1) is 15.3. The van der Waals surface area contributed by atoms with Crippen molar-refractivity contribution in [3.8, 4) is 11.5 Å². The van der Waals surface area contributed by atoms with Crippen molar-refractivity contribution in [3.05, 3.63) is 58.9 Å². The first-order chi connectivity index (χ1) is 10.0. The van der Waals surface area contributed by atoms with Crippen LogP contribution in [-0.4, -0.2) is 12.2 Å². The standard InChI is InChI=1S/C17H19FO3/c1-11-4-6-16(14(8-11)12(2)19)21-10-13-5-7-17(20-3)15(18)9-13/h4-9,12,19H,10H2,1-3H3/t12-/m0/s1. The molecule has 0 aliphatic heterocycles. The van der Waals surface area contributed by atoms with E-state index in [0.29, 0.717) is 11.3 Å². The third-order valence-electron chi connectivity index (χ3n) is 3.23. The molecule has 0 aliphatic carbocycles. The molecule has 0 radical (unpaired) electrons. The number of aliphatic hydroxyl groups excluding tert-OH is 1. The van der Waals surface area contributed by atoms with E-state index in [2.05, 4.69) is 0 Å². The molecule has 0 fully saturated rings. The van der Waals surface area contributed by atoms with Gasteiger partial charge in [0, 0.05) is 5.56 Å². The third kappa shape index (κ3) is 3.73. The van der Waals surface area contributed by atoms with E-state index in [1.54, 1.807) is 19.1 Å². The Kier molecular flexibility index (Phi) is 4.81. The predicted molar refractivity (Wildman–Crippen MR) is 79.1 cm³/mol. The zero-order valence-electron chi connectivity index (χ0n) is 12.4. The number of rotatable bonds is 5. The number of aliphatic hydroxyl groups is 1. The van der Waals surface area contributed by atoms with Gasteiger partial charge in [0.1, 0.15) is 12.4 Å². The van der Waals surface area contributed by atoms with Crippen LogP contribution in [0.1, 0.15) is 29.7 Å². The summed E-state index contributed by atoms with van der Waals surface area (Å²) >= 11 is 0. The van der Waals surface area contributed by atoms with Crippen molar-refractivity contribution in [1.82, 2.24) is 0 Å². The maximum Gasteiger partial charge on any atom is 0.165 e. The van der Waals surface area contributed by atoms with Crippen molar-refractivity contribution in [1.29, 1.82) is 0 Å². The number of hydrogen-bond donors (Lipinski definition) is 1. The second kappa shape index (κ2) is 6.59. The molecule has 2 rings (SSSR count). The Labute approximate surface area is 124 Å². The molecule has 1 N–H and O–H groups in total. The molecular formula is C17H19FO3. The molecule has 1 atom stereocenters. The fourth-order valence-corrected chi connectivity index (χ4v) is 2.09. The van der Waals surface area contributed by atoms with E-state index in [0.717, 1.165) is 11.1 Å². The van der Waals surface area contributed by atoms with Gasteiger partial charge in [-0.15, -0.1) is 0 Å². The van der Waals surface area contributed by atoms with Crippen molar-refractivity contribution in [2.75, 3.05) is 7.11 Å². The van der Waals surface area contributed by atoms with Crippen LogP contribution in [0.3, 0.4) is 0 Å². The molecule has 2 aromatic carbocycles. The number of benzene rings is 2. The Morgan fingerprint density at radius 2 is 1.86 bits per heavy atom. The Bertz CT molecular complexity index is 623. The number of hydrogen-bond acceptors (Lipinski definition) is 3. The predicted octanol–water partition coefficient (Wildman–Crippen LogP) is 3.78. The second-order valence-electron chi connectivity index (χ2n) is 4.97. The fraction of sp³-hybridized carbons (Fsp3) is 0.294. The second-order valence-corrected chi connectivity index (χ2v) is 4.97. The molecule has 2 aromatic rings. The van der Waals surface area contributed by atoms with Crippen LogP contribution in [0.5, 0.6) is 11.5 Å². The lowest BCUT2D eigenvalue weighted by Crippen LogP contribution is -2.02. The van der Waals surface area contributed by atoms with Crippen molar-refractivity contribution in [2.24, 2.45) is 0 Å². The summed E-state index contributed by atoms with van der Waals surface area (Å²) in [6.45, 7) is 3.87. The van der Waals surface area contributed by atoms with Crippen LogP contribution in [0, 0.1) is 12.7 Å². The molecule has 0 aromatic heterocycles. The average Bonchev–Trinajstić information content (AvgIpc) is 2.46. The van der Waals surface area contributed by atoms with E-state index in [-0.39, 0.29) is 12.4 Å². The highest BCUT2D eigenvalue weighted by molar-refractivity contribution is 5.38. The highest BCUT2D eigenvalue weighted by Gasteiger charge is 2.10. The molecule has 0 amide bonds. The van der Waals surface area contributed by atoms with Gasteiger partial charge in [-0.2, -0.15) is 0 Å². The minimum absolute atomic E-state index is 0.207. The first-order valence-corrected chi connectivity index (χ1v) is 6.75. The van der Waals surface area contributed by atoms with Crippen molar-refractivity contribution in [3.63, 3.8) is 0 Å². The van der Waals surface area contributed by atoms with E-state index in [4.69, 9.17) is 9.47 Å². The summed E-state index contributed by atoms with van der Waals surface area (Å²) < 4.78 is 24.2. The van der Waals surface area contributed by atoms with Gasteiger partial charge in [0.25, 0.3) is 0 Å². The lowest BCUT2D eigenvalue weighted by atomic mass is 10.1. The van der Waals surface area contributed by atoms with E-state index < -0.39 is 11.9 Å². The van der Waals surface area contributed by atoms with Gasteiger partial charge in [0.15, 0.2) is 11.6 Å². The summed E-state index contributed by atoms with van der Waals surface area (Å²) in [6.07, 6.45) is -0.618. The van der Waals surface area contributed by atoms with Gasteiger partial charge in [-0.05, 0) is 43.7 Å². The SMILES string of the molecule is COc1ccc(COc2ccc(C)cc2[C@H](C)O)cc1F. The van der Waals surface area contributed by atoms with Crippen molar-refractivity contribution >= 4 is 0 Å². The Morgan fingerprint density at radius 3 is 2.48 bits per heavy atom. The van der Waals surface area contributed by atoms with E-state index in [1.165, 1.54) is 13.2 Å². The van der Waals surface area contributed by atoms with E-state index >= 15 is 0 Å². The summed E-state index contributed by atoms with van der Waals surface area (Å²) in [5, 5.41) is 9.78. The van der Waals surface area contributed by atoms with Crippen LogP contribution < -0.4 is 9.47 Å². The molecule has 3 nitrogen and oxygen atoms in total. The van der Waals surface area contributed by atoms with Crippen molar-refractivity contribution < 1.29 is 19.0 Å². The van der Waals surface area contributed by atoms with Gasteiger partial charge in [0.05, 0.1) is 13.2 Å². The minimum Gasteiger partial charge on any atom is -0.494 e. The molecule has 0 bridgehead atoms. The van der Waals surface area contributed by atoms with Crippen LogP contribution in [0.2, 0.25) is 0 Å². The molecule has 4 heteroatoms. The highest BCUT2D eigenvalue weighted by atomic mass is 19.1. The van der Waals surface area contributed by atoms with Crippen LogP contribution in [0.25, 0.3) is 0 Å². The lowest BCUT2D eigenvalue weighted by molar-refractivity contribution is 0.190. The van der Waals surface area contributed by atoms with Crippen molar-refractivity contribution in [2.45, 2.75) is 26.6 Å². The molecule has 0 heterocycles. The topological polar surface area (TPSA) is 38.7 Å². The molecule has 0 saturated heterocycles. The Morgan fingerprint density at radius 1 is 1.14 bits per heavy atom. The summed E-state index contributed by atoms with van der Waals surface area (Å²) in [5.74, 6) is 0.392. The molecular weight excluding hydrogens is 271 g/mol. The van der Waals surface area contributed by atoms with E-state index in [1.807, 2.05) is 25.1 Å². The van der Waals surface area contributed by atoms with Gasteiger partial charge >= 0.3 is 0 Å². The summed E-state index contributed by atoms with van der Waals surface area (Å²) in [6, 6.07) is 10.3. The zero-order chi connectivity index (χ0) is 15.4. The smallest absolute Gasteiger partial charge is 0.165 e. The number of halogens is 1. The molecule has 0 unspecified atom stereocenters. The largest absolute Gasteiger partial charge is 0.494 e. The minimum atomic E-state index is -0.618. The highest BCUT2D eigenvalue weighted by Crippen LogP contribution is 2.27. The van der Waals surface area contributed by atoms with Gasteiger partial charge in [-0.1, -0.05) is 17.7 Å². The van der Waals surface area contributed by atoms with Gasteiger partial charge in [-0.3, -0.25) is 0 Å². The zero-order valence-corrected chi connectivity index (χ0v) is 12.4. The maximum absolute atomic E-state index is 13.6. The van der Waals surface area contributed by atoms with Crippen LogP contribution in [-0.2, 0) is 6.61 Å². The molecule has 0 spiro atoms. The first-order valence-electron chi connectivity index (χ1n) is 6.75. The number of methoxy groups -OCH3 is 1. The summed E-state index contributed by atoms with van der Waals surface area (Å²) in [5.41, 5.74) is 2.48. The third-order valence-corrected chi connectivity index (χ3v) is 3.23. The van der Waals surface area contributed by atoms with Gasteiger partial charge < -0.3 is 14.6 Å². The number of ether oxygens (including phenoxy) is 2. The van der Waals surface area contributed by atoms with Gasteiger partial charge in [-0.25, -0.2) is 4.39 Å². The van der Waals surface area contributed by atoms with Gasteiger partial charge in [0.2, 0.25) is 0 Å². The average molecular weight is 290 g/mol. The van der Waals surface area contributed by atoms with Crippen LogP contribution >= 0.6 is 0 Å². The quantitative estimate of drug-likeness (QED) is 0.911. The Balaban J connectivity index is 2.15. The lowest BCUT2D eigenvalue weighted by Gasteiger charge is -2.14. The Hall–Kier alpha value is -2.07. The maximum atomic E-state index is 13.6. The normalized spacial score (nSPS) is 12.0. The molecule has 0 aliphatic rings. The fourth-order valence-electron chi connectivity index (χ4n) is 2.09. The van der Waals surface area contributed by atoms with Crippen LogP contribution in [0.15, 0.2) is 36.4 Å². The molecule has 0 saturated carbocycles. The number of aryl methyl sites for hydroxylation is 1. The molecule has 21 heavy (non-hydrogen) atoms. The summed E-state index contributed by atoms with van der Waals surface area (Å²) in [7, 11) is 1.43. The van der Waals surface area contributed by atoms with E-state index in [9.17, 15) is 9.50 Å². The van der Waals surface area contributed by atoms with Crippen LogP contribution in [0.4, 0.5) is 4.39 Å². The summed E-state index contributed by atoms with van der Waals surface area (Å²) in [4.78, 5) is 0. The monoisotopic (exact) mass is 290 g/mol.